The highest BCUT2D eigenvalue weighted by atomic mass is 16.3. The van der Waals surface area contributed by atoms with Crippen molar-refractivity contribution in [2.24, 2.45) is 5.92 Å². The standard InChI is InChI=1S/C12H18N2O/c15-10-11-4-3-7-14(8-11)9-12-5-1-2-6-13-12/h1-2,5-6,11,15H,3-4,7-10H2/t11-/m0/s1. The maximum atomic E-state index is 9.13. The zero-order chi connectivity index (χ0) is 10.5. The van der Waals surface area contributed by atoms with Gasteiger partial charge in [0.1, 0.15) is 0 Å². The molecule has 0 radical (unpaired) electrons. The van der Waals surface area contributed by atoms with E-state index in [1.807, 2.05) is 18.3 Å². The molecule has 1 aromatic rings. The number of hydrogen-bond donors (Lipinski definition) is 1. The molecule has 1 saturated heterocycles. The van der Waals surface area contributed by atoms with Gasteiger partial charge >= 0.3 is 0 Å². The van der Waals surface area contributed by atoms with E-state index in [2.05, 4.69) is 16.0 Å². The van der Waals surface area contributed by atoms with Crippen molar-refractivity contribution in [1.82, 2.24) is 9.88 Å². The highest BCUT2D eigenvalue weighted by Crippen LogP contribution is 2.17. The lowest BCUT2D eigenvalue weighted by molar-refractivity contribution is 0.115. The molecule has 2 heterocycles. The molecule has 82 valence electrons. The van der Waals surface area contributed by atoms with Crippen LogP contribution in [0.3, 0.4) is 0 Å². The molecule has 0 amide bonds. The van der Waals surface area contributed by atoms with Gasteiger partial charge in [0.2, 0.25) is 0 Å². The summed E-state index contributed by atoms with van der Waals surface area (Å²) in [6, 6.07) is 6.02. The van der Waals surface area contributed by atoms with Gasteiger partial charge in [-0.3, -0.25) is 9.88 Å². The van der Waals surface area contributed by atoms with E-state index in [9.17, 15) is 0 Å². The van der Waals surface area contributed by atoms with Gasteiger partial charge in [-0.2, -0.15) is 0 Å². The Balaban J connectivity index is 1.89. The first-order valence-corrected chi connectivity index (χ1v) is 5.61. The van der Waals surface area contributed by atoms with Crippen molar-refractivity contribution in [1.29, 1.82) is 0 Å². The Morgan fingerprint density at radius 1 is 1.47 bits per heavy atom. The number of pyridine rings is 1. The molecule has 15 heavy (non-hydrogen) atoms. The summed E-state index contributed by atoms with van der Waals surface area (Å²) in [5.41, 5.74) is 1.12. The first-order valence-electron chi connectivity index (χ1n) is 5.61. The minimum absolute atomic E-state index is 0.318. The van der Waals surface area contributed by atoms with Gasteiger partial charge in [0.05, 0.1) is 5.69 Å². The Labute approximate surface area is 90.8 Å². The molecule has 1 aliphatic rings. The predicted octanol–water partition coefficient (Wildman–Crippen LogP) is 1.29. The summed E-state index contributed by atoms with van der Waals surface area (Å²) in [4.78, 5) is 6.70. The SMILES string of the molecule is OC[C@H]1CCCN(Cc2ccccn2)C1. The van der Waals surface area contributed by atoms with Gasteiger partial charge in [0.15, 0.2) is 0 Å². The van der Waals surface area contributed by atoms with Gasteiger partial charge in [-0.25, -0.2) is 0 Å². The number of rotatable bonds is 3. The van der Waals surface area contributed by atoms with Crippen LogP contribution in [0.4, 0.5) is 0 Å². The van der Waals surface area contributed by atoms with E-state index in [1.165, 1.54) is 6.42 Å². The Kier molecular flexibility index (Phi) is 3.69. The van der Waals surface area contributed by atoms with Crippen LogP contribution in [0, 0.1) is 5.92 Å². The molecule has 0 saturated carbocycles. The number of aromatic nitrogens is 1. The molecule has 2 rings (SSSR count). The number of nitrogens with zero attached hydrogens (tertiary/aromatic N) is 2. The van der Waals surface area contributed by atoms with Crippen LogP contribution in [0.1, 0.15) is 18.5 Å². The highest BCUT2D eigenvalue weighted by molar-refractivity contribution is 5.03. The molecule has 0 spiro atoms. The zero-order valence-corrected chi connectivity index (χ0v) is 8.97. The molecule has 3 nitrogen and oxygen atoms in total. The van der Waals surface area contributed by atoms with E-state index in [-0.39, 0.29) is 0 Å². The smallest absolute Gasteiger partial charge is 0.0543 e. The fraction of sp³-hybridized carbons (Fsp3) is 0.583. The fourth-order valence-electron chi connectivity index (χ4n) is 2.16. The first kappa shape index (κ1) is 10.6. The number of aliphatic hydroxyl groups is 1. The second-order valence-electron chi connectivity index (χ2n) is 4.25. The molecular weight excluding hydrogens is 188 g/mol. The van der Waals surface area contributed by atoms with Gasteiger partial charge < -0.3 is 5.11 Å². The second-order valence-corrected chi connectivity index (χ2v) is 4.25. The van der Waals surface area contributed by atoms with Crippen molar-refractivity contribution < 1.29 is 5.11 Å². The summed E-state index contributed by atoms with van der Waals surface area (Å²) in [6.07, 6.45) is 4.19. The molecule has 1 aliphatic heterocycles. The van der Waals surface area contributed by atoms with Crippen LogP contribution in [-0.2, 0) is 6.54 Å². The van der Waals surface area contributed by atoms with E-state index in [1.54, 1.807) is 0 Å². The maximum Gasteiger partial charge on any atom is 0.0543 e. The van der Waals surface area contributed by atoms with Gasteiger partial charge in [0, 0.05) is 25.9 Å². The molecule has 1 fully saturated rings. The molecule has 1 atom stereocenters. The van der Waals surface area contributed by atoms with Crippen molar-refractivity contribution >= 4 is 0 Å². The average molecular weight is 206 g/mol. The summed E-state index contributed by atoms with van der Waals surface area (Å²) >= 11 is 0. The van der Waals surface area contributed by atoms with E-state index in [0.29, 0.717) is 12.5 Å². The summed E-state index contributed by atoms with van der Waals surface area (Å²) in [7, 11) is 0. The molecule has 0 aliphatic carbocycles. The van der Waals surface area contributed by atoms with Crippen LogP contribution in [0.5, 0.6) is 0 Å². The molecule has 0 aromatic carbocycles. The molecule has 1 aromatic heterocycles. The molecule has 1 N–H and O–H groups in total. The lowest BCUT2D eigenvalue weighted by Crippen LogP contribution is -2.36. The van der Waals surface area contributed by atoms with Gasteiger partial charge in [-0.1, -0.05) is 6.07 Å². The number of hydrogen-bond acceptors (Lipinski definition) is 3. The summed E-state index contributed by atoms with van der Waals surface area (Å²) in [5.74, 6) is 0.461. The van der Waals surface area contributed by atoms with Crippen molar-refractivity contribution in [2.75, 3.05) is 19.7 Å². The zero-order valence-electron chi connectivity index (χ0n) is 8.97. The average Bonchev–Trinajstić information content (AvgIpc) is 2.31. The van der Waals surface area contributed by atoms with Crippen LogP contribution in [0.25, 0.3) is 0 Å². The van der Waals surface area contributed by atoms with Crippen LogP contribution >= 0.6 is 0 Å². The second kappa shape index (κ2) is 5.24. The summed E-state index contributed by atoms with van der Waals surface area (Å²) < 4.78 is 0. The molecule has 3 heteroatoms. The predicted molar refractivity (Wildman–Crippen MR) is 59.3 cm³/mol. The van der Waals surface area contributed by atoms with Gasteiger partial charge in [-0.05, 0) is 37.4 Å². The van der Waals surface area contributed by atoms with E-state index in [0.717, 1.165) is 31.7 Å². The van der Waals surface area contributed by atoms with Crippen molar-refractivity contribution in [3.05, 3.63) is 30.1 Å². The van der Waals surface area contributed by atoms with Crippen molar-refractivity contribution in [2.45, 2.75) is 19.4 Å². The van der Waals surface area contributed by atoms with Crippen molar-refractivity contribution in [3.63, 3.8) is 0 Å². The van der Waals surface area contributed by atoms with Gasteiger partial charge in [0.25, 0.3) is 0 Å². The first-order chi connectivity index (χ1) is 7.38. The Bertz CT molecular complexity index is 289. The third-order valence-electron chi connectivity index (χ3n) is 2.97. The summed E-state index contributed by atoms with van der Waals surface area (Å²) in [6.45, 7) is 3.37. The third kappa shape index (κ3) is 3.01. The summed E-state index contributed by atoms with van der Waals surface area (Å²) in [5, 5.41) is 9.13. The Hall–Kier alpha value is -0.930. The van der Waals surface area contributed by atoms with Crippen LogP contribution in [-0.4, -0.2) is 34.7 Å². The minimum atomic E-state index is 0.318. The number of aliphatic hydroxyl groups excluding tert-OH is 1. The largest absolute Gasteiger partial charge is 0.396 e. The lowest BCUT2D eigenvalue weighted by Gasteiger charge is -2.31. The number of piperidine rings is 1. The minimum Gasteiger partial charge on any atom is -0.396 e. The molecule has 0 unspecified atom stereocenters. The Morgan fingerprint density at radius 3 is 3.13 bits per heavy atom. The van der Waals surface area contributed by atoms with Crippen LogP contribution in [0.2, 0.25) is 0 Å². The third-order valence-corrected chi connectivity index (χ3v) is 2.97. The van der Waals surface area contributed by atoms with Crippen LogP contribution < -0.4 is 0 Å². The van der Waals surface area contributed by atoms with E-state index in [4.69, 9.17) is 5.11 Å². The topological polar surface area (TPSA) is 36.4 Å². The quantitative estimate of drug-likeness (QED) is 0.809. The maximum absolute atomic E-state index is 9.13. The number of likely N-dealkylation sites (tertiary alicyclic amines) is 1. The lowest BCUT2D eigenvalue weighted by atomic mass is 9.99. The van der Waals surface area contributed by atoms with Crippen LogP contribution in [0.15, 0.2) is 24.4 Å². The fourth-order valence-corrected chi connectivity index (χ4v) is 2.16. The Morgan fingerprint density at radius 2 is 2.40 bits per heavy atom. The van der Waals surface area contributed by atoms with E-state index < -0.39 is 0 Å². The van der Waals surface area contributed by atoms with Crippen molar-refractivity contribution in [3.8, 4) is 0 Å². The highest BCUT2D eigenvalue weighted by Gasteiger charge is 2.19. The molecule has 0 bridgehead atoms. The van der Waals surface area contributed by atoms with Gasteiger partial charge in [-0.15, -0.1) is 0 Å². The monoisotopic (exact) mass is 206 g/mol. The molecular formula is C12H18N2O. The normalized spacial score (nSPS) is 22.9. The van der Waals surface area contributed by atoms with E-state index >= 15 is 0 Å².